The van der Waals surface area contributed by atoms with Crippen LogP contribution in [0.4, 0.5) is 9.52 Å². The van der Waals surface area contributed by atoms with Crippen molar-refractivity contribution < 1.29 is 23.8 Å². The zero-order valence-corrected chi connectivity index (χ0v) is 20.3. The number of fused-ring (bicyclic) bond motifs is 2. The number of carbonyl (C=O) groups is 2. The number of Topliss-reactive ketones (excluding diaryl/α,β-unsaturated/α-hetero) is 1. The first kappa shape index (κ1) is 22.4. The second kappa shape index (κ2) is 8.27. The van der Waals surface area contributed by atoms with Gasteiger partial charge in [0.2, 0.25) is 0 Å². The van der Waals surface area contributed by atoms with Crippen LogP contribution in [0.5, 0.6) is 5.75 Å². The molecule has 0 bridgehead atoms. The lowest BCUT2D eigenvalue weighted by Gasteiger charge is -2.23. The maximum absolute atomic E-state index is 13.8. The summed E-state index contributed by atoms with van der Waals surface area (Å²) in [4.78, 5) is 32.6. The molecule has 2 atom stereocenters. The molecule has 6 rings (SSSR count). The van der Waals surface area contributed by atoms with E-state index in [4.69, 9.17) is 4.74 Å². The Labute approximate surface area is 210 Å². The van der Waals surface area contributed by atoms with Gasteiger partial charge in [-0.25, -0.2) is 9.37 Å². The minimum Gasteiger partial charge on any atom is -0.507 e. The summed E-state index contributed by atoms with van der Waals surface area (Å²) in [6.07, 6.45) is 0.716. The Morgan fingerprint density at radius 2 is 1.89 bits per heavy atom. The Morgan fingerprint density at radius 1 is 1.11 bits per heavy atom. The quantitative estimate of drug-likeness (QED) is 0.222. The van der Waals surface area contributed by atoms with Crippen LogP contribution in [0.15, 0.2) is 66.2 Å². The van der Waals surface area contributed by atoms with E-state index < -0.39 is 23.5 Å². The largest absolute Gasteiger partial charge is 0.507 e. The number of ketones is 1. The standard InChI is InChI=1S/C28H21FN2O4S/c1-14-3-5-16(6-4-14)24-23(25(32)17-7-10-21-18(12-17)11-15(2)35-21)26(33)27(34)31(24)28-30-20-9-8-19(29)13-22(20)36-28/h3-10,12-13,15,24,32H,11H2,1-2H3/b25-23-. The number of rotatable bonds is 3. The van der Waals surface area contributed by atoms with Crippen molar-refractivity contribution in [1.82, 2.24) is 4.98 Å². The van der Waals surface area contributed by atoms with Gasteiger partial charge in [-0.3, -0.25) is 14.5 Å². The number of nitrogens with zero attached hydrogens (tertiary/aromatic N) is 2. The number of aromatic nitrogens is 1. The molecule has 0 aliphatic carbocycles. The molecule has 0 spiro atoms. The molecule has 2 unspecified atom stereocenters. The fourth-order valence-corrected chi connectivity index (χ4v) is 5.83. The summed E-state index contributed by atoms with van der Waals surface area (Å²) in [6, 6.07) is 16.0. The number of hydrogen-bond donors (Lipinski definition) is 1. The van der Waals surface area contributed by atoms with Gasteiger partial charge >= 0.3 is 5.91 Å². The number of aliphatic hydroxyl groups excluding tert-OH is 1. The van der Waals surface area contributed by atoms with E-state index in [-0.39, 0.29) is 22.6 Å². The van der Waals surface area contributed by atoms with Crippen molar-refractivity contribution in [2.45, 2.75) is 32.4 Å². The molecule has 1 amide bonds. The Hall–Kier alpha value is -4.04. The van der Waals surface area contributed by atoms with Gasteiger partial charge in [-0.15, -0.1) is 0 Å². The highest BCUT2D eigenvalue weighted by molar-refractivity contribution is 7.22. The molecule has 0 radical (unpaired) electrons. The van der Waals surface area contributed by atoms with Crippen LogP contribution in [0.3, 0.4) is 0 Å². The zero-order valence-electron chi connectivity index (χ0n) is 19.5. The number of carbonyl (C=O) groups excluding carboxylic acids is 2. The number of halogens is 1. The maximum Gasteiger partial charge on any atom is 0.301 e. The highest BCUT2D eigenvalue weighted by Crippen LogP contribution is 2.45. The minimum absolute atomic E-state index is 0.0128. The monoisotopic (exact) mass is 500 g/mol. The second-order valence-corrected chi connectivity index (χ2v) is 10.2. The Bertz CT molecular complexity index is 1590. The molecular weight excluding hydrogens is 479 g/mol. The van der Waals surface area contributed by atoms with Crippen LogP contribution in [-0.4, -0.2) is 27.9 Å². The molecule has 2 aliphatic rings. The first-order chi connectivity index (χ1) is 17.3. The van der Waals surface area contributed by atoms with Gasteiger partial charge in [0.05, 0.1) is 21.8 Å². The molecule has 8 heteroatoms. The van der Waals surface area contributed by atoms with Gasteiger partial charge in [-0.1, -0.05) is 41.2 Å². The normalized spacial score (nSPS) is 20.7. The average molecular weight is 501 g/mol. The van der Waals surface area contributed by atoms with Crippen molar-refractivity contribution in [3.63, 3.8) is 0 Å². The number of aryl methyl sites for hydroxylation is 1. The minimum atomic E-state index is -0.889. The van der Waals surface area contributed by atoms with Gasteiger partial charge in [0.25, 0.3) is 5.78 Å². The fraction of sp³-hybridized carbons (Fsp3) is 0.179. The topological polar surface area (TPSA) is 79.7 Å². The van der Waals surface area contributed by atoms with E-state index in [0.717, 1.165) is 28.2 Å². The van der Waals surface area contributed by atoms with Gasteiger partial charge in [-0.2, -0.15) is 0 Å². The van der Waals surface area contributed by atoms with Crippen LogP contribution in [-0.2, 0) is 16.0 Å². The molecule has 1 saturated heterocycles. The molecule has 6 nitrogen and oxygen atoms in total. The van der Waals surface area contributed by atoms with Gasteiger partial charge in [0, 0.05) is 12.0 Å². The average Bonchev–Trinajstić information content (AvgIpc) is 3.51. The van der Waals surface area contributed by atoms with E-state index in [2.05, 4.69) is 4.98 Å². The van der Waals surface area contributed by atoms with Crippen LogP contribution in [0.2, 0.25) is 0 Å². The summed E-state index contributed by atoms with van der Waals surface area (Å²) in [6.45, 7) is 3.91. The van der Waals surface area contributed by atoms with E-state index in [0.29, 0.717) is 27.8 Å². The lowest BCUT2D eigenvalue weighted by molar-refractivity contribution is -0.132. The predicted octanol–water partition coefficient (Wildman–Crippen LogP) is 5.69. The third kappa shape index (κ3) is 3.56. The van der Waals surface area contributed by atoms with Crippen molar-refractivity contribution in [3.05, 3.63) is 94.3 Å². The van der Waals surface area contributed by atoms with E-state index in [1.807, 2.05) is 38.1 Å². The number of benzene rings is 3. The molecule has 180 valence electrons. The van der Waals surface area contributed by atoms with E-state index in [1.165, 1.54) is 23.1 Å². The number of aliphatic hydroxyl groups is 1. The maximum atomic E-state index is 13.8. The van der Waals surface area contributed by atoms with Crippen molar-refractivity contribution in [2.24, 2.45) is 0 Å². The van der Waals surface area contributed by atoms with Gasteiger partial charge in [0.15, 0.2) is 5.13 Å². The summed E-state index contributed by atoms with van der Waals surface area (Å²) >= 11 is 1.12. The van der Waals surface area contributed by atoms with Crippen molar-refractivity contribution in [2.75, 3.05) is 4.90 Å². The number of ether oxygens (including phenoxy) is 1. The molecule has 1 aromatic heterocycles. The highest BCUT2D eigenvalue weighted by Gasteiger charge is 2.48. The van der Waals surface area contributed by atoms with Crippen molar-refractivity contribution in [1.29, 1.82) is 0 Å². The van der Waals surface area contributed by atoms with Crippen LogP contribution < -0.4 is 9.64 Å². The Balaban J connectivity index is 1.53. The molecule has 4 aromatic rings. The molecular formula is C28H21FN2O4S. The summed E-state index contributed by atoms with van der Waals surface area (Å²) < 4.78 is 20.1. The molecule has 1 fully saturated rings. The smallest absolute Gasteiger partial charge is 0.301 e. The molecule has 3 heterocycles. The zero-order chi connectivity index (χ0) is 25.1. The van der Waals surface area contributed by atoms with Gasteiger partial charge in [0.1, 0.15) is 23.4 Å². The summed E-state index contributed by atoms with van der Waals surface area (Å²) in [5.41, 5.74) is 3.55. The first-order valence-corrected chi connectivity index (χ1v) is 12.4. The second-order valence-electron chi connectivity index (χ2n) is 9.14. The summed E-state index contributed by atoms with van der Waals surface area (Å²) in [5, 5.41) is 11.7. The van der Waals surface area contributed by atoms with Crippen LogP contribution in [0, 0.1) is 12.7 Å². The molecule has 1 N–H and O–H groups in total. The molecule has 2 aliphatic heterocycles. The Morgan fingerprint density at radius 3 is 2.67 bits per heavy atom. The molecule has 0 saturated carbocycles. The van der Waals surface area contributed by atoms with E-state index in [9.17, 15) is 19.1 Å². The SMILES string of the molecule is Cc1ccc(C2/C(=C(/O)c3ccc4c(c3)CC(C)O4)C(=O)C(=O)N2c2nc3ccc(F)cc3s2)cc1. The first-order valence-electron chi connectivity index (χ1n) is 11.5. The number of hydrogen-bond acceptors (Lipinski definition) is 6. The lowest BCUT2D eigenvalue weighted by Crippen LogP contribution is -2.29. The van der Waals surface area contributed by atoms with Crippen LogP contribution in [0.25, 0.3) is 16.0 Å². The third-order valence-electron chi connectivity index (χ3n) is 6.55. The fourth-order valence-electron chi connectivity index (χ4n) is 4.81. The van der Waals surface area contributed by atoms with E-state index >= 15 is 0 Å². The summed E-state index contributed by atoms with van der Waals surface area (Å²) in [5.74, 6) is -1.51. The van der Waals surface area contributed by atoms with Gasteiger partial charge in [-0.05, 0) is 61.4 Å². The number of thiazole rings is 1. The van der Waals surface area contributed by atoms with Crippen molar-refractivity contribution >= 4 is 44.1 Å². The number of anilines is 1. The molecule has 3 aromatic carbocycles. The Kier molecular flexibility index (Phi) is 5.15. The van der Waals surface area contributed by atoms with Crippen LogP contribution in [0.1, 0.15) is 35.2 Å². The van der Waals surface area contributed by atoms with Crippen LogP contribution >= 0.6 is 11.3 Å². The predicted molar refractivity (Wildman–Crippen MR) is 136 cm³/mol. The van der Waals surface area contributed by atoms with Crippen molar-refractivity contribution in [3.8, 4) is 5.75 Å². The summed E-state index contributed by atoms with van der Waals surface area (Å²) in [7, 11) is 0. The number of amides is 1. The van der Waals surface area contributed by atoms with Gasteiger partial charge < -0.3 is 9.84 Å². The lowest BCUT2D eigenvalue weighted by atomic mass is 9.94. The third-order valence-corrected chi connectivity index (χ3v) is 7.57. The highest BCUT2D eigenvalue weighted by atomic mass is 32.1. The molecule has 36 heavy (non-hydrogen) atoms. The van der Waals surface area contributed by atoms with E-state index in [1.54, 1.807) is 18.2 Å².